The predicted octanol–water partition coefficient (Wildman–Crippen LogP) is 2.80. The molecule has 9 nitrogen and oxygen atoms in total. The van der Waals surface area contributed by atoms with E-state index in [0.29, 0.717) is 42.4 Å². The van der Waals surface area contributed by atoms with Crippen LogP contribution in [0.5, 0.6) is 0 Å². The SMILES string of the molecule is CC(=O)NC1CCN(C(=O)c2cc(N[C@@H](C)C3CC3)nc(-c3cnn4ccsc34)n2)CC1. The largest absolute Gasteiger partial charge is 0.367 e. The van der Waals surface area contributed by atoms with E-state index in [1.54, 1.807) is 28.1 Å². The molecule has 2 aliphatic rings. The molecule has 1 aliphatic carbocycles. The van der Waals surface area contributed by atoms with Crippen molar-refractivity contribution < 1.29 is 9.59 Å². The van der Waals surface area contributed by atoms with Crippen molar-refractivity contribution >= 4 is 33.8 Å². The summed E-state index contributed by atoms with van der Waals surface area (Å²) in [6.45, 7) is 4.87. The summed E-state index contributed by atoms with van der Waals surface area (Å²) >= 11 is 1.57. The number of hydrogen-bond acceptors (Lipinski definition) is 7. The predicted molar refractivity (Wildman–Crippen MR) is 123 cm³/mol. The molecule has 4 heterocycles. The number of nitrogens with one attached hydrogen (secondary N) is 2. The molecule has 10 heteroatoms. The van der Waals surface area contributed by atoms with Crippen LogP contribution in [0.25, 0.3) is 16.2 Å². The van der Waals surface area contributed by atoms with Gasteiger partial charge in [-0.05, 0) is 38.5 Å². The van der Waals surface area contributed by atoms with E-state index in [4.69, 9.17) is 4.98 Å². The number of anilines is 1. The summed E-state index contributed by atoms with van der Waals surface area (Å²) in [6, 6.07) is 2.18. The summed E-state index contributed by atoms with van der Waals surface area (Å²) in [5.41, 5.74) is 1.20. The number of carbonyl (C=O) groups excluding carboxylic acids is 2. The summed E-state index contributed by atoms with van der Waals surface area (Å²) in [4.78, 5) is 36.8. The van der Waals surface area contributed by atoms with Crippen molar-refractivity contribution in [1.82, 2.24) is 29.8 Å². The maximum Gasteiger partial charge on any atom is 0.272 e. The molecular weight excluding hydrogens is 426 g/mol. The second-order valence-electron chi connectivity index (χ2n) is 8.71. The second-order valence-corrected chi connectivity index (χ2v) is 9.61. The first-order valence-electron chi connectivity index (χ1n) is 11.1. The van der Waals surface area contributed by atoms with E-state index in [0.717, 1.165) is 23.2 Å². The van der Waals surface area contributed by atoms with Crippen molar-refractivity contribution in [3.8, 4) is 11.4 Å². The molecule has 0 unspecified atom stereocenters. The fourth-order valence-corrected chi connectivity index (χ4v) is 5.05. The van der Waals surface area contributed by atoms with Crippen LogP contribution in [0.3, 0.4) is 0 Å². The summed E-state index contributed by atoms with van der Waals surface area (Å²) in [7, 11) is 0. The van der Waals surface area contributed by atoms with Crippen LogP contribution in [-0.2, 0) is 4.79 Å². The van der Waals surface area contributed by atoms with Gasteiger partial charge in [0.1, 0.15) is 16.3 Å². The molecule has 0 aromatic carbocycles. The highest BCUT2D eigenvalue weighted by Crippen LogP contribution is 2.34. The van der Waals surface area contributed by atoms with Crippen LogP contribution in [-0.4, -0.2) is 61.5 Å². The van der Waals surface area contributed by atoms with Gasteiger partial charge in [0.2, 0.25) is 5.91 Å². The number of amides is 2. The molecular formula is C22H27N7O2S. The molecule has 3 aromatic rings. The van der Waals surface area contributed by atoms with Crippen LogP contribution in [0.15, 0.2) is 23.8 Å². The number of rotatable bonds is 6. The lowest BCUT2D eigenvalue weighted by Gasteiger charge is -2.32. The quantitative estimate of drug-likeness (QED) is 0.595. The lowest BCUT2D eigenvalue weighted by atomic mass is 10.0. The lowest BCUT2D eigenvalue weighted by molar-refractivity contribution is -0.119. The van der Waals surface area contributed by atoms with Gasteiger partial charge in [-0.25, -0.2) is 14.5 Å². The number of piperidine rings is 1. The van der Waals surface area contributed by atoms with Crippen LogP contribution in [0.2, 0.25) is 0 Å². The van der Waals surface area contributed by atoms with Crippen molar-refractivity contribution in [1.29, 1.82) is 0 Å². The molecule has 1 saturated carbocycles. The maximum absolute atomic E-state index is 13.4. The van der Waals surface area contributed by atoms with Gasteiger partial charge in [-0.1, -0.05) is 0 Å². The number of carbonyl (C=O) groups is 2. The Labute approximate surface area is 190 Å². The van der Waals surface area contributed by atoms with E-state index in [1.165, 1.54) is 19.8 Å². The molecule has 1 atom stereocenters. The van der Waals surface area contributed by atoms with Gasteiger partial charge < -0.3 is 15.5 Å². The molecule has 3 aromatic heterocycles. The Morgan fingerprint density at radius 1 is 1.19 bits per heavy atom. The monoisotopic (exact) mass is 453 g/mol. The van der Waals surface area contributed by atoms with E-state index >= 15 is 0 Å². The highest BCUT2D eigenvalue weighted by molar-refractivity contribution is 7.16. The average Bonchev–Trinajstić information content (AvgIpc) is 3.39. The minimum Gasteiger partial charge on any atom is -0.367 e. The van der Waals surface area contributed by atoms with Gasteiger partial charge in [0, 0.05) is 49.7 Å². The van der Waals surface area contributed by atoms with Crippen LogP contribution in [0.4, 0.5) is 5.82 Å². The molecule has 2 N–H and O–H groups in total. The molecule has 32 heavy (non-hydrogen) atoms. The number of thiazole rings is 1. The lowest BCUT2D eigenvalue weighted by Crippen LogP contribution is -2.46. The van der Waals surface area contributed by atoms with Crippen molar-refractivity contribution in [2.45, 2.75) is 51.6 Å². The Morgan fingerprint density at radius 2 is 1.97 bits per heavy atom. The molecule has 1 saturated heterocycles. The van der Waals surface area contributed by atoms with E-state index in [9.17, 15) is 9.59 Å². The van der Waals surface area contributed by atoms with E-state index < -0.39 is 0 Å². The van der Waals surface area contributed by atoms with Gasteiger partial charge in [0.15, 0.2) is 5.82 Å². The zero-order chi connectivity index (χ0) is 22.2. The van der Waals surface area contributed by atoms with Gasteiger partial charge in [0.05, 0.1) is 11.8 Å². The molecule has 1 aliphatic heterocycles. The van der Waals surface area contributed by atoms with Gasteiger partial charge >= 0.3 is 0 Å². The van der Waals surface area contributed by atoms with E-state index in [2.05, 4.69) is 27.6 Å². The summed E-state index contributed by atoms with van der Waals surface area (Å²) < 4.78 is 1.80. The van der Waals surface area contributed by atoms with E-state index in [-0.39, 0.29) is 17.9 Å². The fourth-order valence-electron chi connectivity index (χ4n) is 4.26. The number of hydrogen-bond donors (Lipinski definition) is 2. The third-order valence-corrected chi connectivity index (χ3v) is 7.10. The highest BCUT2D eigenvalue weighted by atomic mass is 32.1. The molecule has 0 radical (unpaired) electrons. The standard InChI is InChI=1S/C22H27N7O2S/c1-13(15-3-4-15)24-19-11-18(21(31)28-7-5-16(6-8-28)25-14(2)30)26-20(27-19)17-12-23-29-9-10-32-22(17)29/h9-13,15-16H,3-8H2,1-2H3,(H,25,30)(H,24,26,27)/t13-/m0/s1. The van der Waals surface area contributed by atoms with Crippen LogP contribution >= 0.6 is 11.3 Å². The normalized spacial score (nSPS) is 18.0. The number of aromatic nitrogens is 4. The van der Waals surface area contributed by atoms with Crippen molar-refractivity contribution in [2.75, 3.05) is 18.4 Å². The number of fused-ring (bicyclic) bond motifs is 1. The summed E-state index contributed by atoms with van der Waals surface area (Å²) in [5, 5.41) is 12.8. The topological polar surface area (TPSA) is 105 Å². The third-order valence-electron chi connectivity index (χ3n) is 6.21. The van der Waals surface area contributed by atoms with Gasteiger partial charge in [-0.2, -0.15) is 5.10 Å². The van der Waals surface area contributed by atoms with Crippen molar-refractivity contribution in [3.63, 3.8) is 0 Å². The molecule has 2 amide bonds. The molecule has 0 spiro atoms. The van der Waals surface area contributed by atoms with Gasteiger partial charge in [-0.3, -0.25) is 9.59 Å². The molecule has 5 rings (SSSR count). The second kappa shape index (κ2) is 8.50. The van der Waals surface area contributed by atoms with E-state index in [1.807, 2.05) is 16.5 Å². The van der Waals surface area contributed by atoms with Gasteiger partial charge in [0.25, 0.3) is 5.91 Å². The molecule has 0 bridgehead atoms. The average molecular weight is 454 g/mol. The first-order chi connectivity index (χ1) is 15.5. The zero-order valence-corrected chi connectivity index (χ0v) is 19.1. The Hall–Kier alpha value is -3.01. The minimum absolute atomic E-state index is 0.0308. The third kappa shape index (κ3) is 4.32. The fraction of sp³-hybridized carbons (Fsp3) is 0.500. The summed E-state index contributed by atoms with van der Waals surface area (Å²) in [5.74, 6) is 1.69. The molecule has 168 valence electrons. The Balaban J connectivity index is 1.42. The highest BCUT2D eigenvalue weighted by Gasteiger charge is 2.29. The van der Waals surface area contributed by atoms with Crippen LogP contribution in [0, 0.1) is 5.92 Å². The Kier molecular flexibility index (Phi) is 5.54. The number of likely N-dealkylation sites (tertiary alicyclic amines) is 1. The maximum atomic E-state index is 13.4. The first-order valence-corrected chi connectivity index (χ1v) is 12.0. The smallest absolute Gasteiger partial charge is 0.272 e. The number of nitrogens with zero attached hydrogens (tertiary/aromatic N) is 5. The minimum atomic E-state index is -0.105. The summed E-state index contributed by atoms with van der Waals surface area (Å²) in [6.07, 6.45) is 7.58. The Bertz CT molecular complexity index is 1140. The van der Waals surface area contributed by atoms with Crippen LogP contribution in [0.1, 0.15) is 50.0 Å². The van der Waals surface area contributed by atoms with Crippen LogP contribution < -0.4 is 10.6 Å². The molecule has 2 fully saturated rings. The Morgan fingerprint density at radius 3 is 2.69 bits per heavy atom. The van der Waals surface area contributed by atoms with Crippen molar-refractivity contribution in [2.24, 2.45) is 5.92 Å². The zero-order valence-electron chi connectivity index (χ0n) is 18.2. The first kappa shape index (κ1) is 20.9. The van der Waals surface area contributed by atoms with Crippen molar-refractivity contribution in [3.05, 3.63) is 29.5 Å². The van der Waals surface area contributed by atoms with Gasteiger partial charge in [-0.15, -0.1) is 11.3 Å².